The van der Waals surface area contributed by atoms with Crippen LogP contribution in [0.5, 0.6) is 0 Å². The lowest BCUT2D eigenvalue weighted by Crippen LogP contribution is -1.96. The van der Waals surface area contributed by atoms with Crippen molar-refractivity contribution in [2.45, 2.75) is 58.3 Å². The van der Waals surface area contributed by atoms with Gasteiger partial charge in [-0.05, 0) is 18.9 Å². The molecule has 2 nitrogen and oxygen atoms in total. The van der Waals surface area contributed by atoms with Crippen LogP contribution < -0.4 is 0 Å². The largest absolute Gasteiger partial charge is 0.478 e. The monoisotopic (exact) mass is 250 g/mol. The average molecular weight is 250 g/mol. The zero-order valence-electron chi connectivity index (χ0n) is 11.5. The second-order valence-electron chi connectivity index (χ2n) is 4.48. The molecule has 0 bridgehead atoms. The SMILES string of the molecule is C=C/C=C(\C=C/CCCCCCCCC)C(=O)O. The number of rotatable bonds is 11. The topological polar surface area (TPSA) is 37.3 Å². The van der Waals surface area contributed by atoms with Gasteiger partial charge in [0.25, 0.3) is 0 Å². The van der Waals surface area contributed by atoms with Crippen LogP contribution in [0.2, 0.25) is 0 Å². The standard InChI is InChI=1S/C16H26O2/c1-3-5-6-7-8-9-10-11-12-14-15(13-4-2)16(17)18/h4,12-14H,2-3,5-11H2,1H3,(H,17,18)/b14-12-,15-13+. The van der Waals surface area contributed by atoms with Crippen LogP contribution in [0.15, 0.2) is 36.5 Å². The maximum absolute atomic E-state index is 10.8. The van der Waals surface area contributed by atoms with E-state index >= 15 is 0 Å². The van der Waals surface area contributed by atoms with Crippen molar-refractivity contribution in [1.29, 1.82) is 0 Å². The summed E-state index contributed by atoms with van der Waals surface area (Å²) in [6.45, 7) is 5.73. The van der Waals surface area contributed by atoms with Gasteiger partial charge in [0, 0.05) is 0 Å². The predicted molar refractivity (Wildman–Crippen MR) is 77.7 cm³/mol. The number of allylic oxidation sites excluding steroid dienone is 3. The van der Waals surface area contributed by atoms with Crippen molar-refractivity contribution in [2.24, 2.45) is 0 Å². The summed E-state index contributed by atoms with van der Waals surface area (Å²) in [4.78, 5) is 10.8. The van der Waals surface area contributed by atoms with Gasteiger partial charge in [0.05, 0.1) is 5.57 Å². The Hall–Kier alpha value is -1.31. The Morgan fingerprint density at radius 3 is 2.28 bits per heavy atom. The van der Waals surface area contributed by atoms with E-state index in [0.29, 0.717) is 5.57 Å². The predicted octanol–water partition coefficient (Wildman–Crippen LogP) is 4.88. The van der Waals surface area contributed by atoms with E-state index in [-0.39, 0.29) is 0 Å². The molecule has 18 heavy (non-hydrogen) atoms. The van der Waals surface area contributed by atoms with Gasteiger partial charge in [0.15, 0.2) is 0 Å². The molecule has 0 rings (SSSR count). The third kappa shape index (κ3) is 9.88. The van der Waals surface area contributed by atoms with Crippen molar-refractivity contribution < 1.29 is 9.90 Å². The first-order valence-corrected chi connectivity index (χ1v) is 6.95. The highest BCUT2D eigenvalue weighted by atomic mass is 16.4. The van der Waals surface area contributed by atoms with Crippen molar-refractivity contribution in [3.63, 3.8) is 0 Å². The number of carboxylic acid groups (broad SMARTS) is 1. The maximum atomic E-state index is 10.8. The van der Waals surface area contributed by atoms with E-state index in [9.17, 15) is 4.79 Å². The van der Waals surface area contributed by atoms with Gasteiger partial charge in [0.1, 0.15) is 0 Å². The second kappa shape index (κ2) is 12.2. The first kappa shape index (κ1) is 16.7. The van der Waals surface area contributed by atoms with Crippen LogP contribution in [0, 0.1) is 0 Å². The van der Waals surface area contributed by atoms with Crippen LogP contribution in [-0.4, -0.2) is 11.1 Å². The minimum Gasteiger partial charge on any atom is -0.478 e. The van der Waals surface area contributed by atoms with E-state index in [2.05, 4.69) is 13.5 Å². The van der Waals surface area contributed by atoms with Crippen LogP contribution in [-0.2, 0) is 4.79 Å². The van der Waals surface area contributed by atoms with Crippen molar-refractivity contribution in [3.05, 3.63) is 36.5 Å². The molecule has 0 aliphatic carbocycles. The van der Waals surface area contributed by atoms with Gasteiger partial charge in [-0.15, -0.1) is 0 Å². The molecular weight excluding hydrogens is 224 g/mol. The molecule has 0 fully saturated rings. The zero-order chi connectivity index (χ0) is 13.6. The number of aliphatic carboxylic acids is 1. The molecule has 0 saturated carbocycles. The van der Waals surface area contributed by atoms with Gasteiger partial charge >= 0.3 is 5.97 Å². The van der Waals surface area contributed by atoms with E-state index in [1.54, 1.807) is 6.08 Å². The van der Waals surface area contributed by atoms with Gasteiger partial charge in [0.2, 0.25) is 0 Å². The van der Waals surface area contributed by atoms with Gasteiger partial charge in [-0.2, -0.15) is 0 Å². The van der Waals surface area contributed by atoms with Gasteiger partial charge in [-0.25, -0.2) is 4.79 Å². The lowest BCUT2D eigenvalue weighted by molar-refractivity contribution is -0.132. The quantitative estimate of drug-likeness (QED) is 0.322. The van der Waals surface area contributed by atoms with E-state index in [1.165, 1.54) is 50.7 Å². The molecule has 0 spiro atoms. The van der Waals surface area contributed by atoms with Crippen LogP contribution >= 0.6 is 0 Å². The highest BCUT2D eigenvalue weighted by Gasteiger charge is 1.99. The highest BCUT2D eigenvalue weighted by molar-refractivity contribution is 5.90. The van der Waals surface area contributed by atoms with Crippen molar-refractivity contribution >= 4 is 5.97 Å². The smallest absolute Gasteiger partial charge is 0.335 e. The Kier molecular flexibility index (Phi) is 11.3. The molecule has 0 aromatic carbocycles. The third-order valence-corrected chi connectivity index (χ3v) is 2.82. The minimum atomic E-state index is -0.897. The van der Waals surface area contributed by atoms with Crippen LogP contribution in [0.25, 0.3) is 0 Å². The van der Waals surface area contributed by atoms with Gasteiger partial charge in [-0.1, -0.05) is 70.3 Å². The second-order valence-corrected chi connectivity index (χ2v) is 4.48. The molecule has 0 aromatic heterocycles. The Balaban J connectivity index is 3.61. The summed E-state index contributed by atoms with van der Waals surface area (Å²) < 4.78 is 0. The average Bonchev–Trinajstić information content (AvgIpc) is 2.35. The summed E-state index contributed by atoms with van der Waals surface area (Å²) in [6.07, 6.45) is 16.6. The van der Waals surface area contributed by atoms with E-state index < -0.39 is 5.97 Å². The molecule has 0 aliphatic rings. The molecule has 0 atom stereocenters. The van der Waals surface area contributed by atoms with Crippen molar-refractivity contribution in [3.8, 4) is 0 Å². The number of carboxylic acids is 1. The molecule has 0 radical (unpaired) electrons. The third-order valence-electron chi connectivity index (χ3n) is 2.82. The fourth-order valence-corrected chi connectivity index (χ4v) is 1.75. The summed E-state index contributed by atoms with van der Waals surface area (Å²) in [6, 6.07) is 0. The maximum Gasteiger partial charge on any atom is 0.335 e. The summed E-state index contributed by atoms with van der Waals surface area (Å²) in [5.41, 5.74) is 0.299. The first-order valence-electron chi connectivity index (χ1n) is 6.95. The fourth-order valence-electron chi connectivity index (χ4n) is 1.75. The molecule has 1 N–H and O–H groups in total. The van der Waals surface area contributed by atoms with Crippen LogP contribution in [0.1, 0.15) is 58.3 Å². The normalized spacial score (nSPS) is 11.9. The first-order chi connectivity index (χ1) is 8.72. The van der Waals surface area contributed by atoms with E-state index in [4.69, 9.17) is 5.11 Å². The summed E-state index contributed by atoms with van der Waals surface area (Å²) in [7, 11) is 0. The number of carbonyl (C=O) groups is 1. The fraction of sp³-hybridized carbons (Fsp3) is 0.562. The Morgan fingerprint density at radius 1 is 1.11 bits per heavy atom. The van der Waals surface area contributed by atoms with Crippen LogP contribution in [0.4, 0.5) is 0 Å². The zero-order valence-corrected chi connectivity index (χ0v) is 11.5. The molecular formula is C16H26O2. The van der Waals surface area contributed by atoms with E-state index in [1.807, 2.05) is 6.08 Å². The molecule has 0 unspecified atom stereocenters. The Bertz CT molecular complexity index is 287. The highest BCUT2D eigenvalue weighted by Crippen LogP contribution is 2.09. The number of unbranched alkanes of at least 4 members (excludes halogenated alkanes) is 7. The lowest BCUT2D eigenvalue weighted by atomic mass is 10.1. The molecule has 0 heterocycles. The summed E-state index contributed by atoms with van der Waals surface area (Å²) in [5.74, 6) is -0.897. The summed E-state index contributed by atoms with van der Waals surface area (Å²) in [5, 5.41) is 8.86. The molecule has 0 amide bonds. The number of hydrogen-bond donors (Lipinski definition) is 1. The molecule has 0 aliphatic heterocycles. The Morgan fingerprint density at radius 2 is 1.72 bits per heavy atom. The number of hydrogen-bond acceptors (Lipinski definition) is 1. The molecule has 0 saturated heterocycles. The van der Waals surface area contributed by atoms with Gasteiger partial charge < -0.3 is 5.11 Å². The lowest BCUT2D eigenvalue weighted by Gasteiger charge is -1.99. The molecule has 2 heteroatoms. The molecule has 102 valence electrons. The van der Waals surface area contributed by atoms with Crippen molar-refractivity contribution in [2.75, 3.05) is 0 Å². The van der Waals surface area contributed by atoms with E-state index in [0.717, 1.165) is 12.8 Å². The van der Waals surface area contributed by atoms with Crippen molar-refractivity contribution in [1.82, 2.24) is 0 Å². The molecule has 0 aromatic rings. The summed E-state index contributed by atoms with van der Waals surface area (Å²) >= 11 is 0. The minimum absolute atomic E-state index is 0.299. The van der Waals surface area contributed by atoms with Gasteiger partial charge in [-0.3, -0.25) is 0 Å². The van der Waals surface area contributed by atoms with Crippen LogP contribution in [0.3, 0.4) is 0 Å². The Labute approximate surface area is 111 Å².